The molecule has 0 aromatic heterocycles. The average Bonchev–Trinajstić information content (AvgIpc) is 3.02. The molecule has 0 aromatic carbocycles. The van der Waals surface area contributed by atoms with E-state index < -0.39 is 6.10 Å². The van der Waals surface area contributed by atoms with Gasteiger partial charge in [0.15, 0.2) is 6.10 Å². The number of rotatable bonds is 32. The van der Waals surface area contributed by atoms with Crippen molar-refractivity contribution in [2.24, 2.45) is 0 Å². The zero-order chi connectivity index (χ0) is 32.2. The number of aliphatic hydroxyl groups is 1. The van der Waals surface area contributed by atoms with Gasteiger partial charge in [0.05, 0.1) is 6.61 Å². The molecule has 5 heteroatoms. The smallest absolute Gasteiger partial charge is 0.306 e. The van der Waals surface area contributed by atoms with Crippen molar-refractivity contribution in [3.63, 3.8) is 0 Å². The maximum Gasteiger partial charge on any atom is 0.306 e. The van der Waals surface area contributed by atoms with E-state index in [0.717, 1.165) is 51.4 Å². The fourth-order valence-corrected chi connectivity index (χ4v) is 4.79. The zero-order valence-electron chi connectivity index (χ0n) is 28.7. The molecule has 254 valence electrons. The van der Waals surface area contributed by atoms with Crippen molar-refractivity contribution >= 4 is 11.9 Å². The van der Waals surface area contributed by atoms with E-state index in [1.165, 1.54) is 89.9 Å². The maximum absolute atomic E-state index is 12.1. The van der Waals surface area contributed by atoms with Crippen LogP contribution in [-0.2, 0) is 19.1 Å². The largest absolute Gasteiger partial charge is 0.462 e. The first kappa shape index (κ1) is 41.9. The number of hydrogen-bond acceptors (Lipinski definition) is 5. The monoisotopic (exact) mass is 617 g/mol. The van der Waals surface area contributed by atoms with Gasteiger partial charge in [-0.2, -0.15) is 0 Å². The van der Waals surface area contributed by atoms with Gasteiger partial charge in [0.25, 0.3) is 0 Å². The van der Waals surface area contributed by atoms with Crippen LogP contribution in [0.2, 0.25) is 0 Å². The molecule has 0 fully saturated rings. The van der Waals surface area contributed by atoms with Crippen LogP contribution in [-0.4, -0.2) is 36.4 Å². The molecule has 1 N–H and O–H groups in total. The molecule has 0 rings (SSSR count). The van der Waals surface area contributed by atoms with Gasteiger partial charge in [0.2, 0.25) is 0 Å². The van der Waals surface area contributed by atoms with Crippen molar-refractivity contribution in [3.05, 3.63) is 48.6 Å². The van der Waals surface area contributed by atoms with E-state index in [0.29, 0.717) is 12.8 Å². The highest BCUT2D eigenvalue weighted by Gasteiger charge is 2.16. The molecule has 5 nitrogen and oxygen atoms in total. The molecule has 0 radical (unpaired) electrons. The van der Waals surface area contributed by atoms with Gasteiger partial charge in [-0.15, -0.1) is 0 Å². The van der Waals surface area contributed by atoms with Crippen molar-refractivity contribution in [1.82, 2.24) is 0 Å². The molecule has 0 amide bonds. The van der Waals surface area contributed by atoms with Crippen molar-refractivity contribution in [1.29, 1.82) is 0 Å². The lowest BCUT2D eigenvalue weighted by Gasteiger charge is -2.15. The Labute approximate surface area is 271 Å². The fraction of sp³-hybridized carbons (Fsp3) is 0.744. The van der Waals surface area contributed by atoms with Gasteiger partial charge in [-0.25, -0.2) is 0 Å². The number of esters is 2. The summed E-state index contributed by atoms with van der Waals surface area (Å²) in [7, 11) is 0. The molecule has 0 aliphatic carbocycles. The second-order valence-corrected chi connectivity index (χ2v) is 11.9. The summed E-state index contributed by atoms with van der Waals surface area (Å²) in [6, 6.07) is 0. The van der Waals surface area contributed by atoms with E-state index in [1.54, 1.807) is 0 Å². The van der Waals surface area contributed by atoms with Crippen molar-refractivity contribution in [3.8, 4) is 0 Å². The number of allylic oxidation sites excluding steroid dienone is 8. The molecule has 1 atom stereocenters. The third kappa shape index (κ3) is 32.8. The summed E-state index contributed by atoms with van der Waals surface area (Å²) in [5.74, 6) is -0.644. The van der Waals surface area contributed by atoms with Crippen LogP contribution in [0.15, 0.2) is 48.6 Å². The number of hydrogen-bond donors (Lipinski definition) is 1. The lowest BCUT2D eigenvalue weighted by atomic mass is 10.1. The molecule has 0 aliphatic heterocycles. The van der Waals surface area contributed by atoms with E-state index >= 15 is 0 Å². The lowest BCUT2D eigenvalue weighted by molar-refractivity contribution is -0.161. The molecule has 0 saturated heterocycles. The average molecular weight is 617 g/mol. The van der Waals surface area contributed by atoms with Crippen LogP contribution >= 0.6 is 0 Å². The molecule has 44 heavy (non-hydrogen) atoms. The molecule has 0 heterocycles. The van der Waals surface area contributed by atoms with Crippen LogP contribution < -0.4 is 0 Å². The van der Waals surface area contributed by atoms with Crippen molar-refractivity contribution < 1.29 is 24.2 Å². The topological polar surface area (TPSA) is 72.8 Å². The molecule has 0 saturated carbocycles. The molecule has 0 unspecified atom stereocenters. The number of carbonyl (C=O) groups is 2. The quantitative estimate of drug-likeness (QED) is 0.0462. The van der Waals surface area contributed by atoms with Crippen molar-refractivity contribution in [2.45, 2.75) is 174 Å². The minimum Gasteiger partial charge on any atom is -0.462 e. The first-order chi connectivity index (χ1) is 21.6. The van der Waals surface area contributed by atoms with Crippen molar-refractivity contribution in [2.75, 3.05) is 13.2 Å². The van der Waals surface area contributed by atoms with Crippen LogP contribution in [0.1, 0.15) is 168 Å². The molecule has 0 spiro atoms. The predicted octanol–water partition coefficient (Wildman–Crippen LogP) is 11.1. The normalized spacial score (nSPS) is 12.7. The van der Waals surface area contributed by atoms with E-state index in [4.69, 9.17) is 9.47 Å². The SMILES string of the molecule is CCCCC/C=C\C/C=C\C/C=C\CCCCC(=O)O[C@@H](CO)COC(=O)CCCCCCCCC/C=C\CCCCCC. The summed E-state index contributed by atoms with van der Waals surface area (Å²) in [5.41, 5.74) is 0. The van der Waals surface area contributed by atoms with E-state index in [-0.39, 0.29) is 25.2 Å². The fourth-order valence-electron chi connectivity index (χ4n) is 4.79. The summed E-state index contributed by atoms with van der Waals surface area (Å²) < 4.78 is 10.5. The minimum atomic E-state index is -0.791. The van der Waals surface area contributed by atoms with Crippen LogP contribution in [0, 0.1) is 0 Å². The number of ether oxygens (including phenoxy) is 2. The molecular formula is C39H68O5. The summed E-state index contributed by atoms with van der Waals surface area (Å²) in [4.78, 5) is 24.2. The highest BCUT2D eigenvalue weighted by Crippen LogP contribution is 2.12. The summed E-state index contributed by atoms with van der Waals surface area (Å²) in [5, 5.41) is 9.52. The molecule has 0 aliphatic rings. The van der Waals surface area contributed by atoms with Gasteiger partial charge in [-0.1, -0.05) is 127 Å². The Kier molecular flexibility index (Phi) is 33.6. The Bertz CT molecular complexity index is 752. The lowest BCUT2D eigenvalue weighted by Crippen LogP contribution is -2.28. The van der Waals surface area contributed by atoms with Gasteiger partial charge in [0, 0.05) is 12.8 Å². The van der Waals surface area contributed by atoms with Gasteiger partial charge < -0.3 is 14.6 Å². The predicted molar refractivity (Wildman–Crippen MR) is 187 cm³/mol. The van der Waals surface area contributed by atoms with E-state index in [9.17, 15) is 14.7 Å². The summed E-state index contributed by atoms with van der Waals surface area (Å²) in [6.45, 7) is 4.04. The first-order valence-electron chi connectivity index (χ1n) is 18.2. The Hall–Kier alpha value is -2.14. The number of carbonyl (C=O) groups excluding carboxylic acids is 2. The highest BCUT2D eigenvalue weighted by molar-refractivity contribution is 5.70. The standard InChI is InChI=1S/C39H68O5/c1-3-5-7-9-11-13-15-17-19-21-23-25-27-29-31-33-38(41)43-36-37(35-40)44-39(42)34-32-30-28-26-24-22-20-18-16-14-12-10-8-6-4-2/h12-15,18,20,24,26,37,40H,3-11,16-17,19,21-23,25,27-36H2,1-2H3/b14-12-,15-13-,20-18-,26-24-/t37-/m0/s1. The zero-order valence-corrected chi connectivity index (χ0v) is 28.7. The van der Waals surface area contributed by atoms with E-state index in [1.807, 2.05) is 0 Å². The Morgan fingerprint density at radius 1 is 0.523 bits per heavy atom. The van der Waals surface area contributed by atoms with E-state index in [2.05, 4.69) is 62.5 Å². The van der Waals surface area contributed by atoms with Crippen LogP contribution in [0.5, 0.6) is 0 Å². The van der Waals surface area contributed by atoms with Gasteiger partial charge in [0.1, 0.15) is 6.61 Å². The van der Waals surface area contributed by atoms with Crippen LogP contribution in [0.25, 0.3) is 0 Å². The third-order valence-corrected chi connectivity index (χ3v) is 7.60. The third-order valence-electron chi connectivity index (χ3n) is 7.60. The minimum absolute atomic E-state index is 0.0842. The number of aliphatic hydroxyl groups excluding tert-OH is 1. The van der Waals surface area contributed by atoms with Gasteiger partial charge in [-0.05, 0) is 77.0 Å². The molecular weight excluding hydrogens is 548 g/mol. The Morgan fingerprint density at radius 3 is 1.48 bits per heavy atom. The Morgan fingerprint density at radius 2 is 0.909 bits per heavy atom. The van der Waals surface area contributed by atoms with Gasteiger partial charge >= 0.3 is 11.9 Å². The van der Waals surface area contributed by atoms with Crippen LogP contribution in [0.4, 0.5) is 0 Å². The first-order valence-corrected chi connectivity index (χ1v) is 18.2. The number of unbranched alkanes of at least 4 members (excludes halogenated alkanes) is 16. The second-order valence-electron chi connectivity index (χ2n) is 11.9. The second kappa shape index (κ2) is 35.3. The van der Waals surface area contributed by atoms with Crippen LogP contribution in [0.3, 0.4) is 0 Å². The summed E-state index contributed by atoms with van der Waals surface area (Å²) in [6.07, 6.45) is 43.0. The van der Waals surface area contributed by atoms with Gasteiger partial charge in [-0.3, -0.25) is 9.59 Å². The molecule has 0 bridgehead atoms. The summed E-state index contributed by atoms with van der Waals surface area (Å²) >= 11 is 0. The highest BCUT2D eigenvalue weighted by atomic mass is 16.6. The molecule has 0 aromatic rings. The Balaban J connectivity index is 3.66. The maximum atomic E-state index is 12.1.